The molecule has 0 amide bonds. The third-order valence-corrected chi connectivity index (χ3v) is 3.30. The summed E-state index contributed by atoms with van der Waals surface area (Å²) in [5.41, 5.74) is 1.95. The Labute approximate surface area is 143 Å². The fourth-order valence-corrected chi connectivity index (χ4v) is 2.29. The van der Waals surface area contributed by atoms with Crippen LogP contribution in [0.2, 0.25) is 0 Å². The van der Waals surface area contributed by atoms with Crippen molar-refractivity contribution in [2.45, 2.75) is 19.8 Å². The molecule has 0 spiro atoms. The minimum absolute atomic E-state index is 0.0171. The predicted molar refractivity (Wildman–Crippen MR) is 90.3 cm³/mol. The number of nitrogens with one attached hydrogen (secondary N) is 1. The van der Waals surface area contributed by atoms with Crippen molar-refractivity contribution in [3.05, 3.63) is 54.9 Å². The Morgan fingerprint density at radius 1 is 1.32 bits per heavy atom. The van der Waals surface area contributed by atoms with Gasteiger partial charge in [0.2, 0.25) is 0 Å². The van der Waals surface area contributed by atoms with E-state index in [9.17, 15) is 13.2 Å². The fourth-order valence-electron chi connectivity index (χ4n) is 2.29. The molecule has 0 aliphatic rings. The van der Waals surface area contributed by atoms with Gasteiger partial charge in [-0.25, -0.2) is 0 Å². The minimum Gasteiger partial charge on any atom is -0.406 e. The maximum absolute atomic E-state index is 12.2. The van der Waals surface area contributed by atoms with Crippen LogP contribution in [0.1, 0.15) is 12.5 Å². The number of rotatable bonds is 7. The lowest BCUT2D eigenvalue weighted by atomic mass is 10.2. The van der Waals surface area contributed by atoms with Gasteiger partial charge in [-0.1, -0.05) is 6.58 Å². The number of halogens is 3. The Hall–Kier alpha value is -2.74. The van der Waals surface area contributed by atoms with Gasteiger partial charge in [-0.15, -0.1) is 13.2 Å². The summed E-state index contributed by atoms with van der Waals surface area (Å²) in [6, 6.07) is 7.13. The van der Waals surface area contributed by atoms with E-state index in [2.05, 4.69) is 21.6 Å². The van der Waals surface area contributed by atoms with Crippen molar-refractivity contribution in [1.29, 1.82) is 0 Å². The lowest BCUT2D eigenvalue weighted by molar-refractivity contribution is -0.274. The van der Waals surface area contributed by atoms with E-state index in [1.807, 2.05) is 10.6 Å². The van der Waals surface area contributed by atoms with Gasteiger partial charge < -0.3 is 19.7 Å². The Balaban J connectivity index is 2.25. The van der Waals surface area contributed by atoms with Crippen LogP contribution in [0.15, 0.2) is 54.3 Å². The molecule has 0 unspecified atom stereocenters. The fraction of sp³-hybridized carbons (Fsp3) is 0.235. The first-order chi connectivity index (χ1) is 11.8. The van der Waals surface area contributed by atoms with Gasteiger partial charge in [0.05, 0.1) is 12.3 Å². The summed E-state index contributed by atoms with van der Waals surface area (Å²) in [5, 5.41) is 12.1. The van der Waals surface area contributed by atoms with Crippen molar-refractivity contribution in [2.75, 3.05) is 11.9 Å². The van der Waals surface area contributed by atoms with Crippen LogP contribution in [0.25, 0.3) is 0 Å². The number of aliphatic imine (C=N–C) groups is 1. The number of aliphatic hydroxyl groups excluding tert-OH is 1. The number of hydrogen-bond acceptors (Lipinski definition) is 4. The summed E-state index contributed by atoms with van der Waals surface area (Å²) < 4.78 is 42.2. The molecule has 0 atom stereocenters. The van der Waals surface area contributed by atoms with E-state index in [0.717, 1.165) is 11.4 Å². The normalized spacial score (nSPS) is 12.1. The van der Waals surface area contributed by atoms with Crippen molar-refractivity contribution in [1.82, 2.24) is 4.57 Å². The number of benzene rings is 1. The van der Waals surface area contributed by atoms with Gasteiger partial charge in [-0.2, -0.15) is 0 Å². The Bertz CT molecular complexity index is 749. The van der Waals surface area contributed by atoms with E-state index in [1.54, 1.807) is 13.1 Å². The predicted octanol–water partition coefficient (Wildman–Crippen LogP) is 4.08. The van der Waals surface area contributed by atoms with Crippen LogP contribution >= 0.6 is 0 Å². The second-order valence-corrected chi connectivity index (χ2v) is 5.08. The molecule has 0 radical (unpaired) electrons. The summed E-state index contributed by atoms with van der Waals surface area (Å²) in [6.45, 7) is 5.80. The quantitative estimate of drug-likeness (QED) is 0.738. The SMILES string of the molecule is C=CNc1c(C(C)=Nc2ccc(OC(F)(F)F)cc2)ccn1CCO. The highest BCUT2D eigenvalue weighted by Gasteiger charge is 2.30. The zero-order chi connectivity index (χ0) is 18.4. The van der Waals surface area contributed by atoms with E-state index in [-0.39, 0.29) is 12.4 Å². The summed E-state index contributed by atoms with van der Waals surface area (Å²) in [6.07, 6.45) is -1.40. The van der Waals surface area contributed by atoms with Gasteiger partial charge >= 0.3 is 6.36 Å². The van der Waals surface area contributed by atoms with Crippen LogP contribution < -0.4 is 10.1 Å². The lowest BCUT2D eigenvalue weighted by Gasteiger charge is -2.10. The van der Waals surface area contributed by atoms with Gasteiger partial charge in [-0.05, 0) is 43.5 Å². The van der Waals surface area contributed by atoms with Gasteiger partial charge in [-0.3, -0.25) is 4.99 Å². The number of alkyl halides is 3. The van der Waals surface area contributed by atoms with Crippen molar-refractivity contribution < 1.29 is 23.0 Å². The van der Waals surface area contributed by atoms with Crippen LogP contribution in [0.5, 0.6) is 5.75 Å². The van der Waals surface area contributed by atoms with E-state index < -0.39 is 6.36 Å². The molecule has 0 saturated carbocycles. The molecule has 0 aliphatic heterocycles. The van der Waals surface area contributed by atoms with Crippen molar-refractivity contribution in [2.24, 2.45) is 4.99 Å². The molecule has 134 valence electrons. The average molecular weight is 353 g/mol. The van der Waals surface area contributed by atoms with E-state index in [4.69, 9.17) is 5.11 Å². The van der Waals surface area contributed by atoms with Crippen LogP contribution in [-0.4, -0.2) is 28.4 Å². The monoisotopic (exact) mass is 353 g/mol. The van der Waals surface area contributed by atoms with Gasteiger partial charge in [0.1, 0.15) is 11.6 Å². The third kappa shape index (κ3) is 5.12. The largest absolute Gasteiger partial charge is 0.573 e. The van der Waals surface area contributed by atoms with E-state index in [0.29, 0.717) is 17.9 Å². The lowest BCUT2D eigenvalue weighted by Crippen LogP contribution is -2.16. The highest BCUT2D eigenvalue weighted by atomic mass is 19.4. The Kier molecular flexibility index (Phi) is 5.87. The van der Waals surface area contributed by atoms with Gasteiger partial charge in [0, 0.05) is 24.0 Å². The second kappa shape index (κ2) is 7.89. The molecule has 25 heavy (non-hydrogen) atoms. The maximum atomic E-state index is 12.2. The first-order valence-electron chi connectivity index (χ1n) is 7.43. The molecule has 1 aromatic carbocycles. The van der Waals surface area contributed by atoms with Crippen LogP contribution in [0.3, 0.4) is 0 Å². The first-order valence-corrected chi connectivity index (χ1v) is 7.43. The summed E-state index contributed by atoms with van der Waals surface area (Å²) in [7, 11) is 0. The van der Waals surface area contributed by atoms with Crippen molar-refractivity contribution in [3.8, 4) is 5.75 Å². The van der Waals surface area contributed by atoms with Crippen molar-refractivity contribution >= 4 is 17.2 Å². The molecule has 2 N–H and O–H groups in total. The van der Waals surface area contributed by atoms with Crippen LogP contribution in [-0.2, 0) is 6.54 Å². The zero-order valence-corrected chi connectivity index (χ0v) is 13.5. The zero-order valence-electron chi connectivity index (χ0n) is 13.5. The molecule has 0 bridgehead atoms. The summed E-state index contributed by atoms with van der Waals surface area (Å²) >= 11 is 0. The Morgan fingerprint density at radius 2 is 2.00 bits per heavy atom. The highest BCUT2D eigenvalue weighted by Crippen LogP contribution is 2.26. The molecule has 2 aromatic rings. The smallest absolute Gasteiger partial charge is 0.406 e. The summed E-state index contributed by atoms with van der Waals surface area (Å²) in [4.78, 5) is 4.41. The van der Waals surface area contributed by atoms with E-state index >= 15 is 0 Å². The van der Waals surface area contributed by atoms with Crippen LogP contribution in [0, 0.1) is 0 Å². The number of nitrogens with zero attached hydrogens (tertiary/aromatic N) is 2. The average Bonchev–Trinajstić information content (AvgIpc) is 2.92. The molecule has 0 saturated heterocycles. The molecular weight excluding hydrogens is 335 g/mol. The van der Waals surface area contributed by atoms with E-state index in [1.165, 1.54) is 30.5 Å². The first kappa shape index (κ1) is 18.6. The second-order valence-electron chi connectivity index (χ2n) is 5.08. The van der Waals surface area contributed by atoms with Crippen LogP contribution in [0.4, 0.5) is 24.7 Å². The number of hydrogen-bond donors (Lipinski definition) is 2. The van der Waals surface area contributed by atoms with Gasteiger partial charge in [0.15, 0.2) is 0 Å². The Morgan fingerprint density at radius 3 is 2.56 bits per heavy atom. The molecule has 2 rings (SSSR count). The molecule has 8 heteroatoms. The number of aromatic nitrogens is 1. The number of aliphatic hydroxyl groups is 1. The van der Waals surface area contributed by atoms with Gasteiger partial charge in [0.25, 0.3) is 0 Å². The standard InChI is InChI=1S/C17H18F3N3O2/c1-3-21-16-15(8-9-23(16)10-11-24)12(2)22-13-4-6-14(7-5-13)25-17(18,19)20/h3-9,21,24H,1,10-11H2,2H3. The molecule has 1 heterocycles. The molecule has 0 fully saturated rings. The number of ether oxygens (including phenoxy) is 1. The molecule has 0 aliphatic carbocycles. The summed E-state index contributed by atoms with van der Waals surface area (Å²) in [5.74, 6) is 0.425. The number of anilines is 1. The minimum atomic E-state index is -4.72. The topological polar surface area (TPSA) is 58.8 Å². The third-order valence-electron chi connectivity index (χ3n) is 3.30. The maximum Gasteiger partial charge on any atom is 0.573 e. The molecule has 1 aromatic heterocycles. The highest BCUT2D eigenvalue weighted by molar-refractivity contribution is 6.04. The molecule has 5 nitrogen and oxygen atoms in total. The van der Waals surface area contributed by atoms with Crippen molar-refractivity contribution in [3.63, 3.8) is 0 Å². The molecular formula is C17H18F3N3O2.